The van der Waals surface area contributed by atoms with Gasteiger partial charge in [0.15, 0.2) is 12.2 Å². The number of phosphoric acid groups is 2. The molecule has 0 radical (unpaired) electrons. The van der Waals surface area contributed by atoms with Crippen LogP contribution in [0.2, 0.25) is 0 Å². The lowest BCUT2D eigenvalue weighted by atomic mass is 10.0. The van der Waals surface area contributed by atoms with Crippen molar-refractivity contribution in [3.8, 4) is 0 Å². The number of aliphatic hydroxyl groups excluding tert-OH is 1. The van der Waals surface area contributed by atoms with Gasteiger partial charge in [0.25, 0.3) is 0 Å². The Balaban J connectivity index is 5.13. The number of carbonyl (C=O) groups excluding carboxylic acids is 4. The number of unbranched alkanes of at least 4 members (excludes halogenated alkanes) is 53. The first-order valence-corrected chi connectivity index (χ1v) is 45.1. The van der Waals surface area contributed by atoms with Gasteiger partial charge in [0, 0.05) is 25.7 Å². The Kier molecular flexibility index (Phi) is 72.5. The minimum atomic E-state index is -4.96. The van der Waals surface area contributed by atoms with E-state index in [4.69, 9.17) is 37.0 Å². The third kappa shape index (κ3) is 74.3. The number of rotatable bonds is 81. The summed E-state index contributed by atoms with van der Waals surface area (Å²) in [6.07, 6.45) is 65.8. The Hall–Kier alpha value is -1.94. The van der Waals surface area contributed by atoms with Crippen LogP contribution >= 0.6 is 15.6 Å². The Morgan fingerprint density at radius 2 is 0.460 bits per heavy atom. The van der Waals surface area contributed by atoms with E-state index in [2.05, 4.69) is 34.6 Å². The number of hydrogen-bond donors (Lipinski definition) is 3. The lowest BCUT2D eigenvalue weighted by molar-refractivity contribution is -0.161. The highest BCUT2D eigenvalue weighted by atomic mass is 31.2. The highest BCUT2D eigenvalue weighted by Crippen LogP contribution is 2.45. The fraction of sp³-hybridized carbons (Fsp3) is 0.951. The first-order chi connectivity index (χ1) is 48.5. The molecule has 0 amide bonds. The first-order valence-electron chi connectivity index (χ1n) is 42.1. The fourth-order valence-corrected chi connectivity index (χ4v) is 14.2. The topological polar surface area (TPSA) is 237 Å². The van der Waals surface area contributed by atoms with Crippen LogP contribution in [-0.4, -0.2) is 96.7 Å². The third-order valence-corrected chi connectivity index (χ3v) is 20.9. The van der Waals surface area contributed by atoms with Crippen molar-refractivity contribution in [1.82, 2.24) is 0 Å². The largest absolute Gasteiger partial charge is 0.472 e. The molecule has 0 bridgehead atoms. The molecule has 0 fully saturated rings. The molecule has 5 atom stereocenters. The monoisotopic (exact) mass is 1470 g/mol. The standard InChI is InChI=1S/C81H158O17P2/c1-6-9-12-15-18-20-22-24-26-28-30-32-34-36-38-40-42-44-50-55-60-65-79(84)92-71-77(97-80(85)66-61-56-51-45-43-41-39-37-35-33-31-29-27-25-23-21-19-16-13-10-7-2)73-96-100(89,90)94-69-75(82)68-93-99(87,88)95-72-76(70-91-78(83)64-59-54-48-17-14-11-8-3)98-81(86)67-62-57-52-47-46-49-53-58-63-74(4)5/h74-77,82H,6-73H2,1-5H3,(H,87,88)(H,89,90)/t75-,76+,77+/m0/s1. The van der Waals surface area contributed by atoms with Crippen molar-refractivity contribution in [3.63, 3.8) is 0 Å². The molecule has 19 heteroatoms. The number of carbonyl (C=O) groups is 4. The predicted molar refractivity (Wildman–Crippen MR) is 409 cm³/mol. The molecule has 0 aromatic heterocycles. The molecule has 0 aromatic carbocycles. The molecule has 0 rings (SSSR count). The van der Waals surface area contributed by atoms with E-state index in [1.807, 2.05) is 0 Å². The normalized spacial score (nSPS) is 13.8. The average Bonchev–Trinajstić information content (AvgIpc) is 0.929. The van der Waals surface area contributed by atoms with Crippen LogP contribution in [0.1, 0.15) is 433 Å². The Morgan fingerprint density at radius 1 is 0.270 bits per heavy atom. The van der Waals surface area contributed by atoms with Crippen LogP contribution < -0.4 is 0 Å². The van der Waals surface area contributed by atoms with E-state index in [9.17, 15) is 43.2 Å². The number of esters is 4. The summed E-state index contributed by atoms with van der Waals surface area (Å²) in [4.78, 5) is 72.8. The van der Waals surface area contributed by atoms with Gasteiger partial charge in [-0.25, -0.2) is 9.13 Å². The highest BCUT2D eigenvalue weighted by molar-refractivity contribution is 7.47. The lowest BCUT2D eigenvalue weighted by Gasteiger charge is -2.21. The maximum Gasteiger partial charge on any atom is 0.472 e. The SMILES string of the molecule is CCCCCCCCCCCCCCCCCCCCCCCC(=O)OC[C@H](COP(=O)(O)OC[C@@H](O)COP(=O)(O)OC[C@@H](COC(=O)CCCCCCCCC)OC(=O)CCCCCCCCCCC(C)C)OC(=O)CCCCCCCCCCCCCCCCCCCCCCC. The summed E-state index contributed by atoms with van der Waals surface area (Å²) < 4.78 is 68.5. The van der Waals surface area contributed by atoms with Crippen molar-refractivity contribution in [2.24, 2.45) is 5.92 Å². The quantitative estimate of drug-likeness (QED) is 0.0222. The molecule has 0 heterocycles. The molecule has 3 N–H and O–H groups in total. The summed E-state index contributed by atoms with van der Waals surface area (Å²) in [6, 6.07) is 0. The molecule has 2 unspecified atom stereocenters. The molecule has 594 valence electrons. The zero-order chi connectivity index (χ0) is 73.4. The molecular weight excluding hydrogens is 1310 g/mol. The van der Waals surface area contributed by atoms with Gasteiger partial charge in [-0.3, -0.25) is 37.3 Å². The van der Waals surface area contributed by atoms with Crippen molar-refractivity contribution in [2.45, 2.75) is 451 Å². The molecule has 100 heavy (non-hydrogen) atoms. The third-order valence-electron chi connectivity index (χ3n) is 19.0. The average molecular weight is 1470 g/mol. The van der Waals surface area contributed by atoms with Gasteiger partial charge >= 0.3 is 39.5 Å². The summed E-state index contributed by atoms with van der Waals surface area (Å²) in [5.41, 5.74) is 0. The summed E-state index contributed by atoms with van der Waals surface area (Å²) in [5, 5.41) is 10.6. The Labute approximate surface area is 613 Å². The van der Waals surface area contributed by atoms with Crippen molar-refractivity contribution >= 4 is 39.5 Å². The van der Waals surface area contributed by atoms with Crippen LogP contribution in [0.15, 0.2) is 0 Å². The summed E-state index contributed by atoms with van der Waals surface area (Å²) in [5.74, 6) is -1.40. The van der Waals surface area contributed by atoms with Gasteiger partial charge < -0.3 is 33.8 Å². The van der Waals surface area contributed by atoms with Gasteiger partial charge in [0.1, 0.15) is 19.3 Å². The molecular formula is C81H158O17P2. The number of ether oxygens (including phenoxy) is 4. The van der Waals surface area contributed by atoms with Crippen molar-refractivity contribution < 1.29 is 80.2 Å². The molecule has 0 spiro atoms. The van der Waals surface area contributed by atoms with Gasteiger partial charge in [-0.2, -0.15) is 0 Å². The first kappa shape index (κ1) is 98.1. The van der Waals surface area contributed by atoms with E-state index in [0.717, 1.165) is 109 Å². The van der Waals surface area contributed by atoms with Crippen LogP contribution in [0.3, 0.4) is 0 Å². The van der Waals surface area contributed by atoms with Crippen LogP contribution in [-0.2, 0) is 65.4 Å². The molecule has 17 nitrogen and oxygen atoms in total. The van der Waals surface area contributed by atoms with E-state index in [-0.39, 0.29) is 25.7 Å². The molecule has 0 saturated carbocycles. The second-order valence-electron chi connectivity index (χ2n) is 29.6. The zero-order valence-corrected chi connectivity index (χ0v) is 67.1. The maximum absolute atomic E-state index is 13.1. The van der Waals surface area contributed by atoms with Gasteiger partial charge in [-0.1, -0.05) is 381 Å². The van der Waals surface area contributed by atoms with Gasteiger partial charge in [-0.05, 0) is 31.6 Å². The maximum atomic E-state index is 13.1. The summed E-state index contributed by atoms with van der Waals surface area (Å²) in [7, 11) is -9.91. The summed E-state index contributed by atoms with van der Waals surface area (Å²) >= 11 is 0. The van der Waals surface area contributed by atoms with E-state index in [1.165, 1.54) is 244 Å². The second kappa shape index (κ2) is 73.9. The molecule has 0 aliphatic carbocycles. The van der Waals surface area contributed by atoms with Gasteiger partial charge in [0.05, 0.1) is 26.4 Å². The fourth-order valence-electron chi connectivity index (χ4n) is 12.6. The van der Waals surface area contributed by atoms with Crippen molar-refractivity contribution in [2.75, 3.05) is 39.6 Å². The van der Waals surface area contributed by atoms with Crippen molar-refractivity contribution in [3.05, 3.63) is 0 Å². The van der Waals surface area contributed by atoms with E-state index >= 15 is 0 Å². The second-order valence-corrected chi connectivity index (χ2v) is 32.5. The Morgan fingerprint density at radius 3 is 0.680 bits per heavy atom. The van der Waals surface area contributed by atoms with Gasteiger partial charge in [0.2, 0.25) is 0 Å². The number of hydrogen-bond acceptors (Lipinski definition) is 15. The molecule has 0 saturated heterocycles. The zero-order valence-electron chi connectivity index (χ0n) is 65.3. The Bertz CT molecular complexity index is 1910. The van der Waals surface area contributed by atoms with Gasteiger partial charge in [-0.15, -0.1) is 0 Å². The van der Waals surface area contributed by atoms with Crippen LogP contribution in [0.4, 0.5) is 0 Å². The van der Waals surface area contributed by atoms with Crippen LogP contribution in [0, 0.1) is 5.92 Å². The highest BCUT2D eigenvalue weighted by Gasteiger charge is 2.30. The minimum absolute atomic E-state index is 0.105. The molecule has 0 aliphatic heterocycles. The number of phosphoric ester groups is 2. The minimum Gasteiger partial charge on any atom is -0.462 e. The van der Waals surface area contributed by atoms with Crippen molar-refractivity contribution in [1.29, 1.82) is 0 Å². The van der Waals surface area contributed by atoms with E-state index < -0.39 is 97.5 Å². The lowest BCUT2D eigenvalue weighted by Crippen LogP contribution is -2.30. The summed E-state index contributed by atoms with van der Waals surface area (Å²) in [6.45, 7) is 7.23. The number of aliphatic hydroxyl groups is 1. The van der Waals surface area contributed by atoms with Crippen LogP contribution in [0.25, 0.3) is 0 Å². The molecule has 0 aromatic rings. The van der Waals surface area contributed by atoms with E-state index in [0.29, 0.717) is 25.7 Å². The van der Waals surface area contributed by atoms with E-state index in [1.54, 1.807) is 0 Å². The smallest absolute Gasteiger partial charge is 0.462 e. The molecule has 0 aliphatic rings. The predicted octanol–water partition coefficient (Wildman–Crippen LogP) is 24.4. The van der Waals surface area contributed by atoms with Crippen LogP contribution in [0.5, 0.6) is 0 Å².